The predicted molar refractivity (Wildman–Crippen MR) is 71.7 cm³/mol. The standard InChI is InChI=1S/C13H10ClN3O/c14-8-4-5-10(18)9(7-8)12-13(15)17-6-2-1-3-11(17)16-12/h1-7,18H,15H2. The Bertz CT molecular complexity index is 736. The van der Waals surface area contributed by atoms with E-state index in [1.165, 1.54) is 6.07 Å². The number of aromatic nitrogens is 2. The summed E-state index contributed by atoms with van der Waals surface area (Å²) in [5, 5.41) is 10.4. The number of hydrogen-bond donors (Lipinski definition) is 2. The lowest BCUT2D eigenvalue weighted by Crippen LogP contribution is -1.93. The van der Waals surface area contributed by atoms with Crippen molar-refractivity contribution in [1.29, 1.82) is 0 Å². The van der Waals surface area contributed by atoms with Gasteiger partial charge in [-0.15, -0.1) is 0 Å². The average molecular weight is 260 g/mol. The summed E-state index contributed by atoms with van der Waals surface area (Å²) in [6.45, 7) is 0. The summed E-state index contributed by atoms with van der Waals surface area (Å²) < 4.78 is 1.76. The summed E-state index contributed by atoms with van der Waals surface area (Å²) in [5.41, 5.74) is 7.82. The van der Waals surface area contributed by atoms with Gasteiger partial charge in [-0.1, -0.05) is 17.7 Å². The van der Waals surface area contributed by atoms with Crippen molar-refractivity contribution in [3.05, 3.63) is 47.6 Å². The fourth-order valence-electron chi connectivity index (χ4n) is 1.91. The van der Waals surface area contributed by atoms with Crippen LogP contribution in [0.2, 0.25) is 5.02 Å². The van der Waals surface area contributed by atoms with E-state index in [9.17, 15) is 5.11 Å². The zero-order valence-electron chi connectivity index (χ0n) is 9.34. The van der Waals surface area contributed by atoms with Crippen molar-refractivity contribution in [2.45, 2.75) is 0 Å². The van der Waals surface area contributed by atoms with Gasteiger partial charge in [0.2, 0.25) is 0 Å². The van der Waals surface area contributed by atoms with Gasteiger partial charge >= 0.3 is 0 Å². The Kier molecular flexibility index (Phi) is 2.38. The maximum Gasteiger partial charge on any atom is 0.139 e. The summed E-state index contributed by atoms with van der Waals surface area (Å²) >= 11 is 5.93. The van der Waals surface area contributed by atoms with Crippen LogP contribution >= 0.6 is 11.6 Å². The van der Waals surface area contributed by atoms with Crippen LogP contribution in [0.25, 0.3) is 16.9 Å². The van der Waals surface area contributed by atoms with Crippen LogP contribution in [0.3, 0.4) is 0 Å². The van der Waals surface area contributed by atoms with Gasteiger partial charge in [0.1, 0.15) is 22.9 Å². The van der Waals surface area contributed by atoms with Crippen LogP contribution in [0.15, 0.2) is 42.6 Å². The Morgan fingerprint density at radius 3 is 2.83 bits per heavy atom. The molecule has 18 heavy (non-hydrogen) atoms. The zero-order chi connectivity index (χ0) is 12.7. The van der Waals surface area contributed by atoms with Gasteiger partial charge < -0.3 is 10.8 Å². The molecule has 0 atom stereocenters. The van der Waals surface area contributed by atoms with Crippen LogP contribution < -0.4 is 5.73 Å². The average Bonchev–Trinajstić information content (AvgIpc) is 2.71. The Hall–Kier alpha value is -2.20. The molecule has 3 N–H and O–H groups in total. The fourth-order valence-corrected chi connectivity index (χ4v) is 2.08. The minimum atomic E-state index is 0.106. The second kappa shape index (κ2) is 3.92. The van der Waals surface area contributed by atoms with Crippen LogP contribution in [0.5, 0.6) is 5.75 Å². The number of nitrogens with zero attached hydrogens (tertiary/aromatic N) is 2. The lowest BCUT2D eigenvalue weighted by molar-refractivity contribution is 0.477. The summed E-state index contributed by atoms with van der Waals surface area (Å²) in [5.74, 6) is 0.581. The Morgan fingerprint density at radius 1 is 1.22 bits per heavy atom. The Balaban J connectivity index is 2.31. The first-order valence-corrected chi connectivity index (χ1v) is 5.76. The molecule has 3 rings (SSSR count). The van der Waals surface area contributed by atoms with Crippen molar-refractivity contribution in [1.82, 2.24) is 9.38 Å². The molecule has 0 saturated carbocycles. The molecule has 0 saturated heterocycles. The van der Waals surface area contributed by atoms with Crippen molar-refractivity contribution in [2.75, 3.05) is 5.73 Å². The van der Waals surface area contributed by atoms with Gasteiger partial charge in [0, 0.05) is 16.8 Å². The Labute approximate surface area is 108 Å². The summed E-state index contributed by atoms with van der Waals surface area (Å²) in [6.07, 6.45) is 1.82. The van der Waals surface area contributed by atoms with E-state index >= 15 is 0 Å². The molecule has 2 heterocycles. The van der Waals surface area contributed by atoms with E-state index in [1.54, 1.807) is 16.5 Å². The maximum absolute atomic E-state index is 9.87. The number of halogens is 1. The second-order valence-electron chi connectivity index (χ2n) is 3.94. The van der Waals surface area contributed by atoms with Gasteiger partial charge in [0.05, 0.1) is 0 Å². The molecule has 0 bridgehead atoms. The first-order chi connectivity index (χ1) is 8.66. The molecule has 0 unspecified atom stereocenters. The summed E-state index contributed by atoms with van der Waals surface area (Å²) in [7, 11) is 0. The van der Waals surface area contributed by atoms with E-state index in [0.29, 0.717) is 22.1 Å². The highest BCUT2D eigenvalue weighted by molar-refractivity contribution is 6.31. The third kappa shape index (κ3) is 1.58. The van der Waals surface area contributed by atoms with Gasteiger partial charge in [-0.05, 0) is 30.3 Å². The number of rotatable bonds is 1. The smallest absolute Gasteiger partial charge is 0.139 e. The molecule has 90 valence electrons. The van der Waals surface area contributed by atoms with Crippen LogP contribution in [0.1, 0.15) is 0 Å². The third-order valence-electron chi connectivity index (χ3n) is 2.78. The molecule has 0 spiro atoms. The van der Waals surface area contributed by atoms with Crippen molar-refractivity contribution >= 4 is 23.1 Å². The van der Waals surface area contributed by atoms with E-state index < -0.39 is 0 Å². The molecule has 0 aliphatic heterocycles. The number of fused-ring (bicyclic) bond motifs is 1. The molecule has 0 aliphatic rings. The highest BCUT2D eigenvalue weighted by atomic mass is 35.5. The number of imidazole rings is 1. The summed E-state index contributed by atoms with van der Waals surface area (Å²) in [4.78, 5) is 4.40. The number of pyridine rings is 1. The topological polar surface area (TPSA) is 63.5 Å². The zero-order valence-corrected chi connectivity index (χ0v) is 10.1. The number of phenolic OH excluding ortho intramolecular Hbond substituents is 1. The number of hydrogen-bond acceptors (Lipinski definition) is 3. The molecule has 1 aromatic carbocycles. The molecule has 0 aliphatic carbocycles. The first kappa shape index (κ1) is 10.9. The Morgan fingerprint density at radius 2 is 2.06 bits per heavy atom. The van der Waals surface area contributed by atoms with Gasteiger partial charge in [0.15, 0.2) is 0 Å². The molecular formula is C13H10ClN3O. The van der Waals surface area contributed by atoms with E-state index in [0.717, 1.165) is 5.65 Å². The first-order valence-electron chi connectivity index (χ1n) is 5.38. The van der Waals surface area contributed by atoms with Crippen molar-refractivity contribution in [2.24, 2.45) is 0 Å². The van der Waals surface area contributed by atoms with Crippen LogP contribution in [0, 0.1) is 0 Å². The summed E-state index contributed by atoms with van der Waals surface area (Å²) in [6, 6.07) is 10.4. The van der Waals surface area contributed by atoms with Crippen molar-refractivity contribution < 1.29 is 5.11 Å². The predicted octanol–water partition coefficient (Wildman–Crippen LogP) is 2.94. The number of phenols is 1. The molecule has 2 aromatic heterocycles. The number of nitrogens with two attached hydrogens (primary N) is 1. The molecule has 0 amide bonds. The van der Waals surface area contributed by atoms with E-state index in [1.807, 2.05) is 24.4 Å². The quantitative estimate of drug-likeness (QED) is 0.706. The van der Waals surface area contributed by atoms with Gasteiger partial charge in [0.25, 0.3) is 0 Å². The highest BCUT2D eigenvalue weighted by Crippen LogP contribution is 2.34. The molecule has 0 fully saturated rings. The lowest BCUT2D eigenvalue weighted by atomic mass is 10.1. The minimum Gasteiger partial charge on any atom is -0.507 e. The van der Waals surface area contributed by atoms with Crippen molar-refractivity contribution in [3.8, 4) is 17.0 Å². The van der Waals surface area contributed by atoms with Crippen LogP contribution in [-0.2, 0) is 0 Å². The largest absolute Gasteiger partial charge is 0.507 e. The van der Waals surface area contributed by atoms with Crippen molar-refractivity contribution in [3.63, 3.8) is 0 Å². The van der Waals surface area contributed by atoms with E-state index in [-0.39, 0.29) is 5.75 Å². The second-order valence-corrected chi connectivity index (χ2v) is 4.37. The SMILES string of the molecule is Nc1c(-c2cc(Cl)ccc2O)nc2ccccn12. The number of aromatic hydroxyl groups is 1. The third-order valence-corrected chi connectivity index (χ3v) is 3.02. The van der Waals surface area contributed by atoms with Crippen LogP contribution in [-0.4, -0.2) is 14.5 Å². The number of benzene rings is 1. The van der Waals surface area contributed by atoms with Gasteiger partial charge in [-0.3, -0.25) is 4.40 Å². The maximum atomic E-state index is 9.87. The van der Waals surface area contributed by atoms with E-state index in [2.05, 4.69) is 4.98 Å². The molecule has 3 aromatic rings. The lowest BCUT2D eigenvalue weighted by Gasteiger charge is -2.03. The minimum absolute atomic E-state index is 0.106. The van der Waals surface area contributed by atoms with E-state index in [4.69, 9.17) is 17.3 Å². The highest BCUT2D eigenvalue weighted by Gasteiger charge is 2.14. The number of nitrogen functional groups attached to an aromatic ring is 1. The fraction of sp³-hybridized carbons (Fsp3) is 0. The molecule has 0 radical (unpaired) electrons. The molecular weight excluding hydrogens is 250 g/mol. The van der Waals surface area contributed by atoms with Gasteiger partial charge in [-0.25, -0.2) is 4.98 Å². The van der Waals surface area contributed by atoms with Crippen LogP contribution in [0.4, 0.5) is 5.82 Å². The molecule has 4 nitrogen and oxygen atoms in total. The molecule has 5 heteroatoms. The van der Waals surface area contributed by atoms with Gasteiger partial charge in [-0.2, -0.15) is 0 Å². The normalized spacial score (nSPS) is 10.9. The monoisotopic (exact) mass is 259 g/mol. The number of anilines is 1.